The lowest BCUT2D eigenvalue weighted by Crippen LogP contribution is -2.47. The monoisotopic (exact) mass is 538 g/mol. The largest absolute Gasteiger partial charge is 0.396 e. The molecule has 192 valence electrons. The van der Waals surface area contributed by atoms with Crippen LogP contribution in [-0.4, -0.2) is 45.8 Å². The van der Waals surface area contributed by atoms with Crippen LogP contribution in [-0.2, 0) is 17.0 Å². The highest BCUT2D eigenvalue weighted by atomic mass is 35.5. The first-order valence-corrected chi connectivity index (χ1v) is 12.9. The van der Waals surface area contributed by atoms with Gasteiger partial charge in [-0.15, -0.1) is 0 Å². The van der Waals surface area contributed by atoms with E-state index in [1.165, 1.54) is 0 Å². The Labute approximate surface area is 226 Å². The molecule has 37 heavy (non-hydrogen) atoms. The van der Waals surface area contributed by atoms with Gasteiger partial charge in [0.2, 0.25) is 0 Å². The van der Waals surface area contributed by atoms with Crippen LogP contribution < -0.4 is 0 Å². The highest BCUT2D eigenvalue weighted by Gasteiger charge is 2.54. The molecule has 0 bridgehead atoms. The third-order valence-corrected chi connectivity index (χ3v) is 7.76. The molecule has 0 radical (unpaired) electrons. The number of benzene rings is 2. The van der Waals surface area contributed by atoms with Crippen LogP contribution in [0, 0.1) is 5.41 Å². The predicted octanol–water partition coefficient (Wildman–Crippen LogP) is 5.43. The summed E-state index contributed by atoms with van der Waals surface area (Å²) in [5, 5.41) is 20.5. The van der Waals surface area contributed by atoms with Crippen molar-refractivity contribution in [3.05, 3.63) is 105 Å². The Morgan fingerprint density at radius 1 is 1.05 bits per heavy atom. The molecule has 1 aliphatic heterocycles. The Hall–Kier alpha value is -2.74. The van der Waals surface area contributed by atoms with E-state index in [9.17, 15) is 15.0 Å². The third-order valence-electron chi connectivity index (χ3n) is 7.29. The number of hydrogen-bond acceptors (Lipinski definition) is 5. The number of halogens is 2. The summed E-state index contributed by atoms with van der Waals surface area (Å²) >= 11 is 12.3. The van der Waals surface area contributed by atoms with E-state index in [0.717, 1.165) is 29.5 Å². The molecular weight excluding hydrogens is 511 g/mol. The fourth-order valence-electron chi connectivity index (χ4n) is 4.80. The first kappa shape index (κ1) is 25.9. The summed E-state index contributed by atoms with van der Waals surface area (Å²) in [7, 11) is 0. The van der Waals surface area contributed by atoms with E-state index >= 15 is 0 Å². The number of aliphatic hydroxyl groups is 2. The van der Waals surface area contributed by atoms with Gasteiger partial charge in [-0.25, -0.2) is 0 Å². The van der Waals surface area contributed by atoms with Gasteiger partial charge in [-0.1, -0.05) is 54.0 Å². The second-order valence-electron chi connectivity index (χ2n) is 9.79. The molecule has 1 fully saturated rings. The minimum Gasteiger partial charge on any atom is -0.396 e. The van der Waals surface area contributed by atoms with Crippen molar-refractivity contribution in [3.8, 4) is 0 Å². The van der Waals surface area contributed by atoms with E-state index in [1.54, 1.807) is 35.4 Å². The number of carbonyl (C=O) groups is 1. The number of aromatic nitrogens is 1. The fraction of sp³-hybridized carbons (Fsp3) is 0.310. The lowest BCUT2D eigenvalue weighted by atomic mass is 9.90. The minimum atomic E-state index is -1.26. The highest BCUT2D eigenvalue weighted by Crippen LogP contribution is 2.51. The van der Waals surface area contributed by atoms with Crippen LogP contribution in [0.5, 0.6) is 0 Å². The molecule has 1 amide bonds. The maximum absolute atomic E-state index is 14.1. The lowest BCUT2D eigenvalue weighted by Gasteiger charge is -2.40. The van der Waals surface area contributed by atoms with Gasteiger partial charge in [-0.3, -0.25) is 14.7 Å². The molecule has 2 aromatic carbocycles. The highest BCUT2D eigenvalue weighted by molar-refractivity contribution is 6.30. The van der Waals surface area contributed by atoms with Crippen molar-refractivity contribution >= 4 is 34.7 Å². The summed E-state index contributed by atoms with van der Waals surface area (Å²) in [5.74, 6) is -0.214. The molecule has 1 saturated carbocycles. The molecular formula is C29H28Cl2N2O4. The zero-order valence-electron chi connectivity index (χ0n) is 20.3. The zero-order valence-corrected chi connectivity index (χ0v) is 21.8. The van der Waals surface area contributed by atoms with Crippen LogP contribution in [0.2, 0.25) is 10.0 Å². The van der Waals surface area contributed by atoms with E-state index < -0.39 is 5.72 Å². The van der Waals surface area contributed by atoms with Gasteiger partial charge in [-0.2, -0.15) is 0 Å². The number of nitrogens with zero attached hydrogens (tertiary/aromatic N) is 2. The zero-order chi connectivity index (χ0) is 26.2. The van der Waals surface area contributed by atoms with Crippen molar-refractivity contribution in [1.82, 2.24) is 9.88 Å². The van der Waals surface area contributed by atoms with Gasteiger partial charge in [0.25, 0.3) is 5.91 Å². The molecule has 1 unspecified atom stereocenters. The second-order valence-corrected chi connectivity index (χ2v) is 10.7. The van der Waals surface area contributed by atoms with Gasteiger partial charge in [0.15, 0.2) is 5.72 Å². The topological polar surface area (TPSA) is 82.9 Å². The Kier molecular flexibility index (Phi) is 7.14. The molecule has 0 spiro atoms. The molecule has 1 aliphatic carbocycles. The van der Waals surface area contributed by atoms with E-state index in [0.29, 0.717) is 33.3 Å². The van der Waals surface area contributed by atoms with Crippen LogP contribution in [0.15, 0.2) is 67.4 Å². The van der Waals surface area contributed by atoms with Gasteiger partial charge < -0.3 is 14.9 Å². The van der Waals surface area contributed by atoms with Crippen LogP contribution in [0.1, 0.15) is 52.0 Å². The van der Waals surface area contributed by atoms with Gasteiger partial charge in [0, 0.05) is 39.9 Å². The normalized spacial score (nSPS) is 19.7. The molecule has 2 aliphatic rings. The average Bonchev–Trinajstić information content (AvgIpc) is 3.66. The van der Waals surface area contributed by atoms with Crippen molar-refractivity contribution < 1.29 is 19.7 Å². The number of amides is 1. The molecule has 2 N–H and O–H groups in total. The van der Waals surface area contributed by atoms with Crippen molar-refractivity contribution in [2.24, 2.45) is 5.41 Å². The number of ether oxygens (including phenoxy) is 1. The molecule has 5 rings (SSSR count). The second kappa shape index (κ2) is 10.2. The summed E-state index contributed by atoms with van der Waals surface area (Å²) in [6, 6.07) is 16.4. The lowest BCUT2D eigenvalue weighted by molar-refractivity contribution is -0.129. The summed E-state index contributed by atoms with van der Waals surface area (Å²) in [4.78, 5) is 20.2. The van der Waals surface area contributed by atoms with E-state index in [2.05, 4.69) is 11.6 Å². The van der Waals surface area contributed by atoms with Gasteiger partial charge in [-0.05, 0) is 60.7 Å². The van der Waals surface area contributed by atoms with Gasteiger partial charge in [0.1, 0.15) is 0 Å². The number of rotatable bonds is 10. The smallest absolute Gasteiger partial charge is 0.257 e. The Balaban J connectivity index is 1.67. The van der Waals surface area contributed by atoms with Crippen molar-refractivity contribution in [2.75, 3.05) is 19.8 Å². The first-order valence-electron chi connectivity index (χ1n) is 12.2. The molecule has 3 aromatic rings. The van der Waals surface area contributed by atoms with Crippen LogP contribution in [0.4, 0.5) is 0 Å². The van der Waals surface area contributed by atoms with Crippen LogP contribution >= 0.6 is 23.2 Å². The SMILES string of the molecule is C=C(CCO)c1ccc2c(c1)C(=O)N(Cc1ccc(Cl)cn1)C2(OCC1(CO)CC1)c1ccc(Cl)cc1. The summed E-state index contributed by atoms with van der Waals surface area (Å²) < 4.78 is 6.77. The van der Waals surface area contributed by atoms with Gasteiger partial charge in [0.05, 0.1) is 30.5 Å². The number of hydrogen-bond donors (Lipinski definition) is 2. The standard InChI is InChI=1S/C29H28Cl2N2O4/c1-19(10-13-34)20-2-9-26-25(14-20)27(36)33(16-24-8-7-23(31)15-32-24)29(26,21-3-5-22(30)6-4-21)37-18-28(17-35)11-12-28/h2-9,14-15,34-35H,1,10-13,16-18H2. The summed E-state index contributed by atoms with van der Waals surface area (Å²) in [6.07, 6.45) is 3.68. The van der Waals surface area contributed by atoms with Crippen LogP contribution in [0.25, 0.3) is 5.57 Å². The molecule has 2 heterocycles. The van der Waals surface area contributed by atoms with Crippen molar-refractivity contribution in [2.45, 2.75) is 31.5 Å². The van der Waals surface area contributed by atoms with E-state index in [-0.39, 0.29) is 37.7 Å². The number of pyridine rings is 1. The maximum atomic E-state index is 14.1. The molecule has 0 saturated heterocycles. The number of fused-ring (bicyclic) bond motifs is 1. The quantitative estimate of drug-likeness (QED) is 0.359. The Bertz CT molecular complexity index is 1320. The number of aliphatic hydroxyl groups excluding tert-OH is 2. The Morgan fingerprint density at radius 3 is 2.41 bits per heavy atom. The van der Waals surface area contributed by atoms with Crippen LogP contribution in [0.3, 0.4) is 0 Å². The minimum absolute atomic E-state index is 0.0170. The fourth-order valence-corrected chi connectivity index (χ4v) is 5.04. The molecule has 8 heteroatoms. The number of carbonyl (C=O) groups excluding carboxylic acids is 1. The molecule has 1 atom stereocenters. The molecule has 1 aromatic heterocycles. The Morgan fingerprint density at radius 2 is 1.78 bits per heavy atom. The van der Waals surface area contributed by atoms with E-state index in [1.807, 2.05) is 30.3 Å². The predicted molar refractivity (Wildman–Crippen MR) is 143 cm³/mol. The van der Waals surface area contributed by atoms with Crippen molar-refractivity contribution in [3.63, 3.8) is 0 Å². The summed E-state index contributed by atoms with van der Waals surface area (Å²) in [6.45, 7) is 4.51. The molecule has 6 nitrogen and oxygen atoms in total. The third kappa shape index (κ3) is 4.80. The first-order chi connectivity index (χ1) is 17.8. The summed E-state index contributed by atoms with van der Waals surface area (Å²) in [5.41, 5.74) is 2.54. The van der Waals surface area contributed by atoms with E-state index in [4.69, 9.17) is 27.9 Å². The van der Waals surface area contributed by atoms with Crippen molar-refractivity contribution in [1.29, 1.82) is 0 Å². The van der Waals surface area contributed by atoms with Gasteiger partial charge >= 0.3 is 0 Å². The average molecular weight is 539 g/mol. The maximum Gasteiger partial charge on any atom is 0.257 e.